The van der Waals surface area contributed by atoms with Gasteiger partial charge in [-0.2, -0.15) is 0 Å². The van der Waals surface area contributed by atoms with Crippen LogP contribution in [0.4, 0.5) is 5.13 Å². The average molecular weight is 325 g/mol. The van der Waals surface area contributed by atoms with Crippen molar-refractivity contribution in [2.24, 2.45) is 11.8 Å². The van der Waals surface area contributed by atoms with Crippen LogP contribution < -0.4 is 5.32 Å². The average Bonchev–Trinajstić information content (AvgIpc) is 3.10. The van der Waals surface area contributed by atoms with Crippen LogP contribution >= 0.6 is 11.3 Å². The third-order valence-electron chi connectivity index (χ3n) is 3.97. The van der Waals surface area contributed by atoms with E-state index in [4.69, 9.17) is 4.74 Å². The lowest BCUT2D eigenvalue weighted by molar-refractivity contribution is -0.144. The fourth-order valence-electron chi connectivity index (χ4n) is 2.70. The molecule has 0 bridgehead atoms. The zero-order valence-corrected chi connectivity index (χ0v) is 13.9. The third kappa shape index (κ3) is 4.76. The van der Waals surface area contributed by atoms with Crippen LogP contribution in [0.25, 0.3) is 0 Å². The molecule has 1 aliphatic rings. The van der Waals surface area contributed by atoms with E-state index in [-0.39, 0.29) is 29.8 Å². The van der Waals surface area contributed by atoms with Crippen molar-refractivity contribution in [3.63, 3.8) is 0 Å². The largest absolute Gasteiger partial charge is 0.462 e. The van der Waals surface area contributed by atoms with Crippen molar-refractivity contribution in [3.8, 4) is 0 Å². The fourth-order valence-corrected chi connectivity index (χ4v) is 3.15. The van der Waals surface area contributed by atoms with Gasteiger partial charge in [0.15, 0.2) is 0 Å². The van der Waals surface area contributed by atoms with Crippen molar-refractivity contribution in [1.29, 1.82) is 0 Å². The number of anilines is 1. The van der Waals surface area contributed by atoms with Gasteiger partial charge >= 0.3 is 5.97 Å². The molecule has 0 unspecified atom stereocenters. The topological polar surface area (TPSA) is 81.2 Å². The van der Waals surface area contributed by atoms with Crippen molar-refractivity contribution in [3.05, 3.63) is 5.51 Å². The summed E-state index contributed by atoms with van der Waals surface area (Å²) in [6.45, 7) is 3.98. The van der Waals surface area contributed by atoms with Crippen LogP contribution in [-0.2, 0) is 14.3 Å². The molecule has 3 atom stereocenters. The molecule has 0 spiro atoms. The predicted octanol–water partition coefficient (Wildman–Crippen LogP) is 3.01. The van der Waals surface area contributed by atoms with E-state index in [9.17, 15) is 9.59 Å². The van der Waals surface area contributed by atoms with Crippen molar-refractivity contribution < 1.29 is 14.3 Å². The third-order valence-corrected chi connectivity index (χ3v) is 4.58. The standard InChI is InChI=1S/C15H23N3O3S/c1-3-4-5-6-12-8-11(14(20)21-12)7-10(2)13(19)17-15-18-16-9-22-15/h9-12H,3-8H2,1-2H3,(H,17,18,19)/t10-,11+,12-/m0/s1. The number of hydrogen-bond donors (Lipinski definition) is 1. The van der Waals surface area contributed by atoms with E-state index in [1.165, 1.54) is 17.8 Å². The number of unbranched alkanes of at least 4 members (excludes halogenated alkanes) is 2. The summed E-state index contributed by atoms with van der Waals surface area (Å²) in [7, 11) is 0. The van der Waals surface area contributed by atoms with Gasteiger partial charge in [-0.1, -0.05) is 38.0 Å². The molecule has 0 saturated carbocycles. The van der Waals surface area contributed by atoms with Crippen LogP contribution in [0.5, 0.6) is 0 Å². The maximum absolute atomic E-state index is 12.1. The number of carbonyl (C=O) groups is 2. The quantitative estimate of drug-likeness (QED) is 0.587. The van der Waals surface area contributed by atoms with Crippen molar-refractivity contribution in [1.82, 2.24) is 10.2 Å². The van der Waals surface area contributed by atoms with Gasteiger partial charge in [0.2, 0.25) is 11.0 Å². The SMILES string of the molecule is CCCCC[C@H]1C[C@@H](C[C@H](C)C(=O)Nc2nncs2)C(=O)O1. The Bertz CT molecular complexity index is 492. The molecule has 2 rings (SSSR count). The molecule has 1 aliphatic heterocycles. The highest BCUT2D eigenvalue weighted by Crippen LogP contribution is 2.30. The van der Waals surface area contributed by atoms with E-state index in [0.29, 0.717) is 11.6 Å². The second-order valence-electron chi connectivity index (χ2n) is 5.86. The van der Waals surface area contributed by atoms with Gasteiger partial charge in [-0.05, 0) is 25.7 Å². The maximum atomic E-state index is 12.1. The second kappa shape index (κ2) is 8.22. The molecule has 1 N–H and O–H groups in total. The summed E-state index contributed by atoms with van der Waals surface area (Å²) < 4.78 is 5.42. The number of ether oxygens (including phenoxy) is 1. The smallest absolute Gasteiger partial charge is 0.309 e. The molecule has 22 heavy (non-hydrogen) atoms. The summed E-state index contributed by atoms with van der Waals surface area (Å²) in [4.78, 5) is 24.0. The van der Waals surface area contributed by atoms with E-state index in [0.717, 1.165) is 25.7 Å². The number of rotatable bonds is 8. The number of cyclic esters (lactones) is 1. The van der Waals surface area contributed by atoms with E-state index in [1.807, 2.05) is 6.92 Å². The van der Waals surface area contributed by atoms with Gasteiger partial charge in [0.1, 0.15) is 11.6 Å². The van der Waals surface area contributed by atoms with E-state index < -0.39 is 0 Å². The molecule has 2 heterocycles. The molecule has 1 aromatic heterocycles. The molecule has 0 radical (unpaired) electrons. The van der Waals surface area contributed by atoms with Gasteiger partial charge in [-0.15, -0.1) is 10.2 Å². The minimum Gasteiger partial charge on any atom is -0.462 e. The highest BCUT2D eigenvalue weighted by Gasteiger charge is 2.35. The lowest BCUT2D eigenvalue weighted by atomic mass is 9.91. The number of nitrogens with one attached hydrogen (secondary N) is 1. The molecule has 7 heteroatoms. The predicted molar refractivity (Wildman–Crippen MR) is 84.4 cm³/mol. The summed E-state index contributed by atoms with van der Waals surface area (Å²) in [5.74, 6) is -0.700. The molecule has 0 aromatic carbocycles. The number of hydrogen-bond acceptors (Lipinski definition) is 6. The maximum Gasteiger partial charge on any atom is 0.309 e. The fraction of sp³-hybridized carbons (Fsp3) is 0.733. The Morgan fingerprint density at radius 1 is 1.55 bits per heavy atom. The van der Waals surface area contributed by atoms with Crippen LogP contribution in [0, 0.1) is 11.8 Å². The van der Waals surface area contributed by atoms with Gasteiger partial charge in [0.05, 0.1) is 5.92 Å². The lowest BCUT2D eigenvalue weighted by Gasteiger charge is -2.12. The molecule has 1 saturated heterocycles. The molecular formula is C15H23N3O3S. The number of amides is 1. The van der Waals surface area contributed by atoms with Crippen LogP contribution in [0.3, 0.4) is 0 Å². The molecular weight excluding hydrogens is 302 g/mol. The molecule has 1 amide bonds. The Labute approximate surface area is 134 Å². The summed E-state index contributed by atoms with van der Waals surface area (Å²) in [5, 5.41) is 10.7. The van der Waals surface area contributed by atoms with E-state index >= 15 is 0 Å². The first-order chi connectivity index (χ1) is 10.6. The van der Waals surface area contributed by atoms with Crippen LogP contribution in [-0.4, -0.2) is 28.2 Å². The number of aromatic nitrogens is 2. The van der Waals surface area contributed by atoms with Gasteiger partial charge in [0, 0.05) is 5.92 Å². The molecule has 6 nitrogen and oxygen atoms in total. The Kier molecular flexibility index (Phi) is 6.30. The first-order valence-corrected chi connectivity index (χ1v) is 8.75. The highest BCUT2D eigenvalue weighted by atomic mass is 32.1. The van der Waals surface area contributed by atoms with Crippen LogP contribution in [0.15, 0.2) is 5.51 Å². The summed E-state index contributed by atoms with van der Waals surface area (Å²) in [6.07, 6.45) is 5.64. The van der Waals surface area contributed by atoms with Gasteiger partial charge in [-0.25, -0.2) is 0 Å². The van der Waals surface area contributed by atoms with Gasteiger partial charge < -0.3 is 10.1 Å². The minimum absolute atomic E-state index is 0.0301. The Morgan fingerprint density at radius 2 is 2.36 bits per heavy atom. The zero-order valence-electron chi connectivity index (χ0n) is 13.1. The monoisotopic (exact) mass is 325 g/mol. The molecule has 122 valence electrons. The summed E-state index contributed by atoms with van der Waals surface area (Å²) in [6, 6.07) is 0. The second-order valence-corrected chi connectivity index (χ2v) is 6.69. The highest BCUT2D eigenvalue weighted by molar-refractivity contribution is 7.13. The van der Waals surface area contributed by atoms with Crippen LogP contribution in [0.1, 0.15) is 52.4 Å². The van der Waals surface area contributed by atoms with Crippen molar-refractivity contribution >= 4 is 28.3 Å². The van der Waals surface area contributed by atoms with Gasteiger partial charge in [0.25, 0.3) is 0 Å². The minimum atomic E-state index is -0.254. The number of nitrogens with zero attached hydrogens (tertiary/aromatic N) is 2. The number of esters is 1. The van der Waals surface area contributed by atoms with E-state index in [2.05, 4.69) is 22.4 Å². The Morgan fingerprint density at radius 3 is 3.05 bits per heavy atom. The molecule has 0 aliphatic carbocycles. The Hall–Kier alpha value is -1.50. The Balaban J connectivity index is 1.77. The lowest BCUT2D eigenvalue weighted by Crippen LogP contribution is -2.24. The first kappa shape index (κ1) is 16.9. The van der Waals surface area contributed by atoms with E-state index in [1.54, 1.807) is 5.51 Å². The molecule has 1 aromatic rings. The summed E-state index contributed by atoms with van der Waals surface area (Å²) >= 11 is 1.28. The first-order valence-electron chi connectivity index (χ1n) is 7.87. The summed E-state index contributed by atoms with van der Waals surface area (Å²) in [5.41, 5.74) is 1.56. The normalized spacial score (nSPS) is 22.4. The number of carbonyl (C=O) groups excluding carboxylic acids is 2. The van der Waals surface area contributed by atoms with Crippen molar-refractivity contribution in [2.75, 3.05) is 5.32 Å². The molecule has 1 fully saturated rings. The van der Waals surface area contributed by atoms with Crippen LogP contribution in [0.2, 0.25) is 0 Å². The van der Waals surface area contributed by atoms with Crippen molar-refractivity contribution in [2.45, 2.75) is 58.5 Å². The zero-order chi connectivity index (χ0) is 15.9. The van der Waals surface area contributed by atoms with Gasteiger partial charge in [-0.3, -0.25) is 9.59 Å².